The molecule has 96 valence electrons. The highest BCUT2D eigenvalue weighted by Gasteiger charge is 2.19. The predicted octanol–water partition coefficient (Wildman–Crippen LogP) is 3.08. The van der Waals surface area contributed by atoms with Crippen molar-refractivity contribution in [3.63, 3.8) is 0 Å². The van der Waals surface area contributed by atoms with E-state index in [4.69, 9.17) is 0 Å². The van der Waals surface area contributed by atoms with Gasteiger partial charge in [0.15, 0.2) is 0 Å². The zero-order valence-corrected chi connectivity index (χ0v) is 11.3. The summed E-state index contributed by atoms with van der Waals surface area (Å²) >= 11 is 1.72. The summed E-state index contributed by atoms with van der Waals surface area (Å²) in [5, 5.41) is 5.57. The molecule has 1 N–H and O–H groups in total. The molecule has 0 fully saturated rings. The average molecular weight is 270 g/mol. The molecule has 3 heterocycles. The molecule has 1 atom stereocenters. The number of hydrogen-bond acceptors (Lipinski definition) is 4. The number of thiophene rings is 1. The van der Waals surface area contributed by atoms with Gasteiger partial charge in [0.05, 0.1) is 5.69 Å². The summed E-state index contributed by atoms with van der Waals surface area (Å²) in [6, 6.07) is 8.15. The standard InChI is InChI=1S/C14H14N4S/c1-18-8-7-16-14(18)13(12-5-3-9-19-12)17-11-4-2-6-15-10-11/h2-10,13,17H,1H3. The van der Waals surface area contributed by atoms with Crippen molar-refractivity contribution in [2.45, 2.75) is 6.04 Å². The van der Waals surface area contributed by atoms with Gasteiger partial charge in [-0.15, -0.1) is 11.3 Å². The van der Waals surface area contributed by atoms with Crippen molar-refractivity contribution in [1.82, 2.24) is 14.5 Å². The number of nitrogens with zero attached hydrogens (tertiary/aromatic N) is 3. The van der Waals surface area contributed by atoms with E-state index in [0.29, 0.717) is 0 Å². The van der Waals surface area contributed by atoms with Gasteiger partial charge in [-0.2, -0.15) is 0 Å². The molecule has 0 aliphatic carbocycles. The molecule has 3 aromatic rings. The largest absolute Gasteiger partial charge is 0.370 e. The number of imidazole rings is 1. The zero-order valence-electron chi connectivity index (χ0n) is 10.5. The van der Waals surface area contributed by atoms with Crippen molar-refractivity contribution in [3.05, 3.63) is 65.1 Å². The van der Waals surface area contributed by atoms with Crippen LogP contribution in [0.4, 0.5) is 5.69 Å². The number of anilines is 1. The summed E-state index contributed by atoms with van der Waals surface area (Å²) < 4.78 is 2.04. The van der Waals surface area contributed by atoms with Crippen LogP contribution in [-0.2, 0) is 7.05 Å². The summed E-state index contributed by atoms with van der Waals surface area (Å²) in [5.41, 5.74) is 0.990. The van der Waals surface area contributed by atoms with Crippen LogP contribution in [0.5, 0.6) is 0 Å². The third-order valence-electron chi connectivity index (χ3n) is 2.92. The van der Waals surface area contributed by atoms with Crippen LogP contribution in [0.15, 0.2) is 54.4 Å². The van der Waals surface area contributed by atoms with E-state index >= 15 is 0 Å². The molecule has 1 unspecified atom stereocenters. The van der Waals surface area contributed by atoms with Gasteiger partial charge < -0.3 is 9.88 Å². The maximum atomic E-state index is 4.45. The SMILES string of the molecule is Cn1ccnc1C(Nc1cccnc1)c1cccs1. The molecule has 0 aromatic carbocycles. The lowest BCUT2D eigenvalue weighted by atomic mass is 10.2. The quantitative estimate of drug-likeness (QED) is 0.792. The van der Waals surface area contributed by atoms with Crippen molar-refractivity contribution in [2.24, 2.45) is 7.05 Å². The Morgan fingerprint density at radius 1 is 1.26 bits per heavy atom. The number of nitrogens with one attached hydrogen (secondary N) is 1. The van der Waals surface area contributed by atoms with Gasteiger partial charge in [0, 0.05) is 36.7 Å². The third-order valence-corrected chi connectivity index (χ3v) is 3.85. The van der Waals surface area contributed by atoms with Crippen molar-refractivity contribution >= 4 is 17.0 Å². The van der Waals surface area contributed by atoms with Crippen LogP contribution in [-0.4, -0.2) is 14.5 Å². The van der Waals surface area contributed by atoms with Crippen LogP contribution in [0.3, 0.4) is 0 Å². The molecule has 5 heteroatoms. The van der Waals surface area contributed by atoms with E-state index < -0.39 is 0 Å². The molecule has 0 bridgehead atoms. The minimum atomic E-state index is 0.0456. The Kier molecular flexibility index (Phi) is 3.29. The first-order valence-electron chi connectivity index (χ1n) is 6.02. The van der Waals surface area contributed by atoms with E-state index in [1.807, 2.05) is 42.3 Å². The van der Waals surface area contributed by atoms with E-state index in [2.05, 4.69) is 32.8 Å². The van der Waals surface area contributed by atoms with Crippen molar-refractivity contribution in [3.8, 4) is 0 Å². The molecule has 0 aliphatic rings. The van der Waals surface area contributed by atoms with E-state index in [1.165, 1.54) is 4.88 Å². The van der Waals surface area contributed by atoms with Gasteiger partial charge in [0.25, 0.3) is 0 Å². The second kappa shape index (κ2) is 5.24. The maximum Gasteiger partial charge on any atom is 0.136 e. The topological polar surface area (TPSA) is 42.7 Å². The summed E-state index contributed by atoms with van der Waals surface area (Å²) in [5.74, 6) is 0.992. The van der Waals surface area contributed by atoms with E-state index in [0.717, 1.165) is 11.5 Å². The van der Waals surface area contributed by atoms with E-state index in [9.17, 15) is 0 Å². The molecule has 0 saturated carbocycles. The number of aromatic nitrogens is 3. The molecule has 4 nitrogen and oxygen atoms in total. The van der Waals surface area contributed by atoms with Crippen LogP contribution in [0.25, 0.3) is 0 Å². The molecule has 0 amide bonds. The van der Waals surface area contributed by atoms with Gasteiger partial charge in [0.1, 0.15) is 11.9 Å². The Bertz CT molecular complexity index is 631. The summed E-state index contributed by atoms with van der Waals surface area (Å²) in [7, 11) is 2.01. The third kappa shape index (κ3) is 2.51. The predicted molar refractivity (Wildman–Crippen MR) is 77.2 cm³/mol. The highest BCUT2D eigenvalue weighted by Crippen LogP contribution is 2.28. The van der Waals surface area contributed by atoms with Crippen molar-refractivity contribution in [1.29, 1.82) is 0 Å². The fourth-order valence-electron chi connectivity index (χ4n) is 1.99. The van der Waals surface area contributed by atoms with Crippen LogP contribution in [0, 0.1) is 0 Å². The molecule has 19 heavy (non-hydrogen) atoms. The fourth-order valence-corrected chi connectivity index (χ4v) is 2.76. The van der Waals surface area contributed by atoms with Gasteiger partial charge in [-0.3, -0.25) is 4.98 Å². The Labute approximate surface area is 115 Å². The van der Waals surface area contributed by atoms with Gasteiger partial charge in [-0.05, 0) is 23.6 Å². The minimum Gasteiger partial charge on any atom is -0.370 e. The van der Waals surface area contributed by atoms with Gasteiger partial charge >= 0.3 is 0 Å². The Hall–Kier alpha value is -2.14. The normalized spacial score (nSPS) is 12.3. The molecule has 0 radical (unpaired) electrons. The lowest BCUT2D eigenvalue weighted by Gasteiger charge is -2.18. The fraction of sp³-hybridized carbons (Fsp3) is 0.143. The second-order valence-electron chi connectivity index (χ2n) is 4.23. The lowest BCUT2D eigenvalue weighted by Crippen LogP contribution is -2.15. The highest BCUT2D eigenvalue weighted by molar-refractivity contribution is 7.10. The summed E-state index contributed by atoms with van der Waals surface area (Å²) in [6.45, 7) is 0. The van der Waals surface area contributed by atoms with Crippen molar-refractivity contribution < 1.29 is 0 Å². The van der Waals surface area contributed by atoms with Crippen LogP contribution in [0.2, 0.25) is 0 Å². The van der Waals surface area contributed by atoms with Crippen LogP contribution >= 0.6 is 11.3 Å². The van der Waals surface area contributed by atoms with Crippen LogP contribution in [0.1, 0.15) is 16.7 Å². The first-order valence-corrected chi connectivity index (χ1v) is 6.90. The first-order chi connectivity index (χ1) is 9.34. The number of hydrogen-bond donors (Lipinski definition) is 1. The molecular weight excluding hydrogens is 256 g/mol. The lowest BCUT2D eigenvalue weighted by molar-refractivity contribution is 0.756. The molecule has 3 rings (SSSR count). The molecular formula is C14H14N4S. The Balaban J connectivity index is 1.96. The van der Waals surface area contributed by atoms with Crippen LogP contribution < -0.4 is 5.32 Å². The molecule has 0 aliphatic heterocycles. The average Bonchev–Trinajstić information content (AvgIpc) is 3.09. The number of aryl methyl sites for hydroxylation is 1. The summed E-state index contributed by atoms with van der Waals surface area (Å²) in [4.78, 5) is 9.83. The summed E-state index contributed by atoms with van der Waals surface area (Å²) in [6.07, 6.45) is 7.37. The van der Waals surface area contributed by atoms with E-state index in [-0.39, 0.29) is 6.04 Å². The molecule has 0 saturated heterocycles. The zero-order chi connectivity index (χ0) is 13.1. The Morgan fingerprint density at radius 3 is 2.84 bits per heavy atom. The smallest absolute Gasteiger partial charge is 0.136 e. The van der Waals surface area contributed by atoms with Gasteiger partial charge in [-0.25, -0.2) is 4.98 Å². The first kappa shape index (κ1) is 11.9. The van der Waals surface area contributed by atoms with Gasteiger partial charge in [0.2, 0.25) is 0 Å². The molecule has 3 aromatic heterocycles. The number of pyridine rings is 1. The highest BCUT2D eigenvalue weighted by atomic mass is 32.1. The monoisotopic (exact) mass is 270 g/mol. The maximum absolute atomic E-state index is 4.45. The van der Waals surface area contributed by atoms with Gasteiger partial charge in [-0.1, -0.05) is 6.07 Å². The number of rotatable bonds is 4. The van der Waals surface area contributed by atoms with E-state index in [1.54, 1.807) is 17.5 Å². The minimum absolute atomic E-state index is 0.0456. The second-order valence-corrected chi connectivity index (χ2v) is 5.21. The molecule has 0 spiro atoms. The van der Waals surface area contributed by atoms with Crippen molar-refractivity contribution in [2.75, 3.05) is 5.32 Å². The Morgan fingerprint density at radius 2 is 2.21 bits per heavy atom.